The van der Waals surface area contributed by atoms with Crippen LogP contribution in [0.3, 0.4) is 0 Å². The summed E-state index contributed by atoms with van der Waals surface area (Å²) in [6.45, 7) is -0.639. The minimum Gasteiger partial charge on any atom is -0.495 e. The summed E-state index contributed by atoms with van der Waals surface area (Å²) < 4.78 is 17.2. The number of methoxy groups -OCH3 is 1. The lowest BCUT2D eigenvalue weighted by Gasteiger charge is -2.04. The quantitative estimate of drug-likeness (QED) is 0.671. The van der Waals surface area contributed by atoms with E-state index in [0.29, 0.717) is 11.3 Å². The standard InChI is InChI=1S/C9H8FNO/c1-12-9-4-2-3-7(5-10)8(9)6-11/h2-4H,5H2,1H3. The van der Waals surface area contributed by atoms with Crippen molar-refractivity contribution >= 4 is 0 Å². The van der Waals surface area contributed by atoms with Crippen LogP contribution in [0.2, 0.25) is 0 Å². The predicted molar refractivity (Wildman–Crippen MR) is 42.5 cm³/mol. The third kappa shape index (κ3) is 1.37. The summed E-state index contributed by atoms with van der Waals surface area (Å²) in [6.07, 6.45) is 0. The van der Waals surface area contributed by atoms with Crippen LogP contribution in [0.1, 0.15) is 11.1 Å². The molecule has 0 aromatic heterocycles. The van der Waals surface area contributed by atoms with Crippen molar-refractivity contribution in [3.8, 4) is 11.8 Å². The monoisotopic (exact) mass is 165 g/mol. The molecule has 0 amide bonds. The first kappa shape index (κ1) is 8.54. The number of nitriles is 1. The number of hydrogen-bond donors (Lipinski definition) is 0. The number of nitrogens with zero attached hydrogens (tertiary/aromatic N) is 1. The van der Waals surface area contributed by atoms with Crippen LogP contribution in [0.4, 0.5) is 4.39 Å². The number of halogens is 1. The predicted octanol–water partition coefficient (Wildman–Crippen LogP) is 2.04. The van der Waals surface area contributed by atoms with E-state index in [2.05, 4.69) is 0 Å². The largest absolute Gasteiger partial charge is 0.495 e. The molecule has 0 aliphatic rings. The van der Waals surface area contributed by atoms with E-state index in [1.807, 2.05) is 6.07 Å². The van der Waals surface area contributed by atoms with E-state index in [4.69, 9.17) is 10.00 Å². The van der Waals surface area contributed by atoms with Crippen LogP contribution >= 0.6 is 0 Å². The van der Waals surface area contributed by atoms with Crippen LogP contribution in [0, 0.1) is 11.3 Å². The normalized spacial score (nSPS) is 9.08. The van der Waals surface area contributed by atoms with Gasteiger partial charge in [-0.3, -0.25) is 0 Å². The second-order valence-corrected chi connectivity index (χ2v) is 2.24. The third-order valence-corrected chi connectivity index (χ3v) is 1.59. The van der Waals surface area contributed by atoms with Crippen LogP contribution in [0.5, 0.6) is 5.75 Å². The summed E-state index contributed by atoms with van der Waals surface area (Å²) in [4.78, 5) is 0. The molecule has 3 heteroatoms. The maximum absolute atomic E-state index is 12.3. The molecule has 1 aromatic carbocycles. The molecule has 0 spiro atoms. The summed E-state index contributed by atoms with van der Waals surface area (Å²) in [5, 5.41) is 8.66. The molecule has 1 aromatic rings. The Kier molecular flexibility index (Phi) is 2.65. The molecule has 62 valence electrons. The fourth-order valence-electron chi connectivity index (χ4n) is 0.985. The maximum atomic E-state index is 12.3. The Labute approximate surface area is 70.2 Å². The average Bonchev–Trinajstić information content (AvgIpc) is 2.16. The maximum Gasteiger partial charge on any atom is 0.136 e. The fraction of sp³-hybridized carbons (Fsp3) is 0.222. The second kappa shape index (κ2) is 3.72. The van der Waals surface area contributed by atoms with E-state index in [9.17, 15) is 4.39 Å². The summed E-state index contributed by atoms with van der Waals surface area (Å²) in [5.74, 6) is 0.424. The highest BCUT2D eigenvalue weighted by Gasteiger charge is 2.06. The Morgan fingerprint density at radius 2 is 2.33 bits per heavy atom. The molecule has 12 heavy (non-hydrogen) atoms. The van der Waals surface area contributed by atoms with E-state index in [1.54, 1.807) is 18.2 Å². The van der Waals surface area contributed by atoms with Crippen LogP contribution < -0.4 is 4.74 Å². The molecule has 1 rings (SSSR count). The average molecular weight is 165 g/mol. The lowest BCUT2D eigenvalue weighted by molar-refractivity contribution is 0.410. The smallest absolute Gasteiger partial charge is 0.136 e. The van der Waals surface area contributed by atoms with Crippen molar-refractivity contribution in [2.24, 2.45) is 0 Å². The molecule has 2 nitrogen and oxygen atoms in total. The SMILES string of the molecule is COc1cccc(CF)c1C#N. The first-order chi connectivity index (χ1) is 5.83. The molecule has 0 atom stereocenters. The zero-order valence-electron chi connectivity index (χ0n) is 6.67. The van der Waals surface area contributed by atoms with Crippen molar-refractivity contribution in [1.29, 1.82) is 5.26 Å². The van der Waals surface area contributed by atoms with Gasteiger partial charge in [0, 0.05) is 5.56 Å². The Morgan fingerprint density at radius 1 is 1.58 bits per heavy atom. The molecule has 0 saturated heterocycles. The van der Waals surface area contributed by atoms with Gasteiger partial charge in [-0.25, -0.2) is 4.39 Å². The van der Waals surface area contributed by atoms with E-state index < -0.39 is 6.67 Å². The van der Waals surface area contributed by atoms with Gasteiger partial charge in [0.2, 0.25) is 0 Å². The second-order valence-electron chi connectivity index (χ2n) is 2.24. The van der Waals surface area contributed by atoms with Crippen molar-refractivity contribution in [2.75, 3.05) is 7.11 Å². The molecule has 0 N–H and O–H groups in total. The van der Waals surface area contributed by atoms with E-state index in [1.165, 1.54) is 7.11 Å². The van der Waals surface area contributed by atoms with Gasteiger partial charge in [0.15, 0.2) is 0 Å². The molecule has 0 bridgehead atoms. The highest BCUT2D eigenvalue weighted by molar-refractivity contribution is 5.48. The van der Waals surface area contributed by atoms with Gasteiger partial charge in [-0.15, -0.1) is 0 Å². The van der Waals surface area contributed by atoms with Crippen LogP contribution in [0.25, 0.3) is 0 Å². The lowest BCUT2D eigenvalue weighted by Crippen LogP contribution is -1.92. The highest BCUT2D eigenvalue weighted by atomic mass is 19.1. The van der Waals surface area contributed by atoms with Crippen molar-refractivity contribution in [3.05, 3.63) is 29.3 Å². The van der Waals surface area contributed by atoms with Gasteiger partial charge in [0.25, 0.3) is 0 Å². The molecular weight excluding hydrogens is 157 g/mol. The number of ether oxygens (including phenoxy) is 1. The van der Waals surface area contributed by atoms with Gasteiger partial charge < -0.3 is 4.74 Å². The molecule has 0 unspecified atom stereocenters. The Morgan fingerprint density at radius 3 is 2.83 bits per heavy atom. The Balaban J connectivity index is 3.25. The zero-order valence-corrected chi connectivity index (χ0v) is 6.67. The molecule has 0 aliphatic carbocycles. The van der Waals surface area contributed by atoms with Gasteiger partial charge in [-0.1, -0.05) is 12.1 Å². The number of rotatable bonds is 2. The Bertz CT molecular complexity index is 295. The zero-order chi connectivity index (χ0) is 8.97. The van der Waals surface area contributed by atoms with Gasteiger partial charge in [0.05, 0.1) is 12.7 Å². The van der Waals surface area contributed by atoms with E-state index in [-0.39, 0.29) is 5.56 Å². The number of benzene rings is 1. The van der Waals surface area contributed by atoms with Crippen LogP contribution in [0.15, 0.2) is 18.2 Å². The Hall–Kier alpha value is -1.56. The first-order valence-electron chi connectivity index (χ1n) is 3.45. The van der Waals surface area contributed by atoms with Crippen molar-refractivity contribution < 1.29 is 9.13 Å². The van der Waals surface area contributed by atoms with Gasteiger partial charge in [-0.2, -0.15) is 5.26 Å². The molecule has 0 radical (unpaired) electrons. The molecule has 0 aliphatic heterocycles. The molecule has 0 saturated carbocycles. The van der Waals surface area contributed by atoms with Gasteiger partial charge in [-0.05, 0) is 6.07 Å². The van der Waals surface area contributed by atoms with Crippen molar-refractivity contribution in [2.45, 2.75) is 6.67 Å². The summed E-state index contributed by atoms with van der Waals surface area (Å²) in [5.41, 5.74) is 0.652. The van der Waals surface area contributed by atoms with Gasteiger partial charge in [0.1, 0.15) is 18.5 Å². The molecule has 0 fully saturated rings. The topological polar surface area (TPSA) is 33.0 Å². The van der Waals surface area contributed by atoms with Crippen molar-refractivity contribution in [3.63, 3.8) is 0 Å². The number of alkyl halides is 1. The summed E-state index contributed by atoms with van der Waals surface area (Å²) >= 11 is 0. The fourth-order valence-corrected chi connectivity index (χ4v) is 0.985. The van der Waals surface area contributed by atoms with E-state index in [0.717, 1.165) is 0 Å². The van der Waals surface area contributed by atoms with E-state index >= 15 is 0 Å². The van der Waals surface area contributed by atoms with Crippen molar-refractivity contribution in [1.82, 2.24) is 0 Å². The van der Waals surface area contributed by atoms with Crippen LogP contribution in [-0.4, -0.2) is 7.11 Å². The highest BCUT2D eigenvalue weighted by Crippen LogP contribution is 2.21. The third-order valence-electron chi connectivity index (χ3n) is 1.59. The minimum atomic E-state index is -0.639. The van der Waals surface area contributed by atoms with Crippen LogP contribution in [-0.2, 0) is 6.67 Å². The minimum absolute atomic E-state index is 0.280. The summed E-state index contributed by atoms with van der Waals surface area (Å²) in [7, 11) is 1.46. The molecular formula is C9H8FNO. The molecule has 0 heterocycles. The number of hydrogen-bond acceptors (Lipinski definition) is 2. The van der Waals surface area contributed by atoms with Gasteiger partial charge >= 0.3 is 0 Å². The summed E-state index contributed by atoms with van der Waals surface area (Å²) in [6, 6.07) is 6.77. The first-order valence-corrected chi connectivity index (χ1v) is 3.45. The lowest BCUT2D eigenvalue weighted by atomic mass is 10.1.